The highest BCUT2D eigenvalue weighted by atomic mass is 32.2. The lowest BCUT2D eigenvalue weighted by Gasteiger charge is -2.12. The van der Waals surface area contributed by atoms with Gasteiger partial charge in [0.05, 0.1) is 17.0 Å². The van der Waals surface area contributed by atoms with Crippen molar-refractivity contribution in [2.45, 2.75) is 18.2 Å². The number of aryl methyl sites for hydroxylation is 1. The van der Waals surface area contributed by atoms with Crippen molar-refractivity contribution < 1.29 is 23.4 Å². The normalized spacial score (nSPS) is 13.9. The van der Waals surface area contributed by atoms with E-state index in [1.165, 1.54) is 6.21 Å². The fraction of sp³-hybridized carbons (Fsp3) is 0.0741. The Labute approximate surface area is 217 Å². The number of aliphatic imine (C=N–C) groups is 1. The van der Waals surface area contributed by atoms with Gasteiger partial charge in [-0.1, -0.05) is 59.4 Å². The second-order valence-electron chi connectivity index (χ2n) is 8.40. The molecule has 8 nitrogen and oxygen atoms in total. The molecule has 0 atom stereocenters. The third-order valence-electron chi connectivity index (χ3n) is 5.75. The van der Waals surface area contributed by atoms with Gasteiger partial charge in [-0.05, 0) is 42.8 Å². The summed E-state index contributed by atoms with van der Waals surface area (Å²) in [5.41, 5.74) is 3.82. The van der Waals surface area contributed by atoms with Crippen LogP contribution in [0.2, 0.25) is 0 Å². The first-order valence-corrected chi connectivity index (χ1v) is 13.5. The van der Waals surface area contributed by atoms with Crippen LogP contribution in [0.3, 0.4) is 0 Å². The number of allylic oxidation sites excluding steroid dienone is 1. The van der Waals surface area contributed by atoms with E-state index >= 15 is 0 Å². The molecule has 0 saturated heterocycles. The quantitative estimate of drug-likeness (QED) is 0.284. The van der Waals surface area contributed by atoms with E-state index in [9.17, 15) is 18.3 Å². The van der Waals surface area contributed by atoms with Gasteiger partial charge >= 0.3 is 5.97 Å². The average Bonchev–Trinajstić information content (AvgIpc) is 3.44. The summed E-state index contributed by atoms with van der Waals surface area (Å²) in [4.78, 5) is 19.6. The van der Waals surface area contributed by atoms with Crippen LogP contribution in [-0.4, -0.2) is 35.8 Å². The van der Waals surface area contributed by atoms with Crippen LogP contribution in [0.25, 0.3) is 10.5 Å². The standard InChI is InChI=1S/C27H21N3O5S2/c1-16-6-12-19(13-7-16)37(34,35)25(21-15-28-22-5-3-2-4-20(21)22)24-26(33)30-27(36-24)29-18-10-8-17(9-11-18)14-23(31)32/h2-13,15,33H,14H2,1H3,(H,29,30)(H,31,32)/b25-21-. The Morgan fingerprint density at radius 3 is 2.41 bits per heavy atom. The number of carboxylic acid groups (broad SMARTS) is 1. The second-order valence-corrected chi connectivity index (χ2v) is 11.3. The van der Waals surface area contributed by atoms with Crippen molar-refractivity contribution in [3.8, 4) is 5.88 Å². The summed E-state index contributed by atoms with van der Waals surface area (Å²) in [5, 5.41) is 23.1. The molecular weight excluding hydrogens is 510 g/mol. The predicted octanol–water partition coefficient (Wildman–Crippen LogP) is 5.59. The maximum atomic E-state index is 14.0. The number of hydrogen-bond acceptors (Lipinski definition) is 8. The number of nitrogens with one attached hydrogen (secondary N) is 1. The van der Waals surface area contributed by atoms with Crippen LogP contribution < -0.4 is 5.32 Å². The number of fused-ring (bicyclic) bond motifs is 1. The van der Waals surface area contributed by atoms with Crippen molar-refractivity contribution >= 4 is 60.3 Å². The van der Waals surface area contributed by atoms with Crippen LogP contribution in [0, 0.1) is 6.92 Å². The largest absolute Gasteiger partial charge is 0.492 e. The molecule has 0 unspecified atom stereocenters. The third-order valence-corrected chi connectivity index (χ3v) is 8.71. The van der Waals surface area contributed by atoms with Crippen LogP contribution in [0.5, 0.6) is 5.88 Å². The van der Waals surface area contributed by atoms with Crippen molar-refractivity contribution in [3.05, 3.63) is 94.4 Å². The fourth-order valence-corrected chi connectivity index (χ4v) is 6.75. The number of aromatic nitrogens is 1. The molecule has 0 radical (unpaired) electrons. The Bertz CT molecular complexity index is 1670. The summed E-state index contributed by atoms with van der Waals surface area (Å²) in [6, 6.07) is 20.5. The molecule has 4 aromatic rings. The zero-order valence-corrected chi connectivity index (χ0v) is 21.2. The van der Waals surface area contributed by atoms with Gasteiger partial charge in [0.2, 0.25) is 15.7 Å². The van der Waals surface area contributed by atoms with E-state index < -0.39 is 21.7 Å². The summed E-state index contributed by atoms with van der Waals surface area (Å²) < 4.78 is 27.9. The van der Waals surface area contributed by atoms with Crippen LogP contribution in [0.4, 0.5) is 16.5 Å². The first-order chi connectivity index (χ1) is 17.7. The minimum absolute atomic E-state index is 0.0788. The Kier molecular flexibility index (Phi) is 6.36. The zero-order valence-electron chi connectivity index (χ0n) is 19.5. The minimum atomic E-state index is -4.08. The van der Waals surface area contributed by atoms with Gasteiger partial charge < -0.3 is 15.5 Å². The molecule has 0 spiro atoms. The molecule has 0 amide bonds. The van der Waals surface area contributed by atoms with E-state index in [-0.39, 0.29) is 26.2 Å². The number of thiazole rings is 1. The molecule has 0 saturated carbocycles. The maximum Gasteiger partial charge on any atom is 0.307 e. The third kappa shape index (κ3) is 4.89. The molecule has 3 aromatic carbocycles. The highest BCUT2D eigenvalue weighted by Gasteiger charge is 2.33. The zero-order chi connectivity index (χ0) is 26.2. The SMILES string of the molecule is Cc1ccc(S(=O)(=O)/C(=C2/C=Nc3ccccc32)c2sc(Nc3ccc(CC(=O)O)cc3)nc2O)cc1. The van der Waals surface area contributed by atoms with E-state index in [1.54, 1.807) is 66.7 Å². The van der Waals surface area contributed by atoms with Gasteiger partial charge in [-0.25, -0.2) is 8.42 Å². The number of carboxylic acids is 1. The van der Waals surface area contributed by atoms with Crippen LogP contribution >= 0.6 is 11.3 Å². The molecule has 1 aliphatic heterocycles. The van der Waals surface area contributed by atoms with E-state index in [1.807, 2.05) is 13.0 Å². The lowest BCUT2D eigenvalue weighted by molar-refractivity contribution is -0.136. The van der Waals surface area contributed by atoms with Gasteiger partial charge in [-0.15, -0.1) is 0 Å². The molecule has 10 heteroatoms. The average molecular weight is 532 g/mol. The molecule has 186 valence electrons. The van der Waals surface area contributed by atoms with Gasteiger partial charge in [-0.2, -0.15) is 4.98 Å². The summed E-state index contributed by atoms with van der Waals surface area (Å²) in [6.07, 6.45) is 1.40. The van der Waals surface area contributed by atoms with Crippen LogP contribution in [-0.2, 0) is 21.1 Å². The van der Waals surface area contributed by atoms with Crippen molar-refractivity contribution in [1.82, 2.24) is 4.98 Å². The van der Waals surface area contributed by atoms with E-state index in [4.69, 9.17) is 5.11 Å². The van der Waals surface area contributed by atoms with Crippen molar-refractivity contribution in [2.24, 2.45) is 4.99 Å². The molecule has 2 heterocycles. The maximum absolute atomic E-state index is 14.0. The topological polar surface area (TPSA) is 129 Å². The summed E-state index contributed by atoms with van der Waals surface area (Å²) in [5.74, 6) is -1.35. The minimum Gasteiger partial charge on any atom is -0.492 e. The van der Waals surface area contributed by atoms with E-state index in [2.05, 4.69) is 15.3 Å². The van der Waals surface area contributed by atoms with E-state index in [0.29, 0.717) is 28.1 Å². The number of rotatable bonds is 7. The molecule has 37 heavy (non-hydrogen) atoms. The van der Waals surface area contributed by atoms with Crippen molar-refractivity contribution in [3.63, 3.8) is 0 Å². The molecular formula is C27H21N3O5S2. The number of anilines is 2. The highest BCUT2D eigenvalue weighted by Crippen LogP contribution is 2.46. The molecule has 1 aromatic heterocycles. The van der Waals surface area contributed by atoms with Gasteiger partial charge in [-0.3, -0.25) is 9.79 Å². The van der Waals surface area contributed by atoms with Gasteiger partial charge in [0, 0.05) is 23.0 Å². The highest BCUT2D eigenvalue weighted by molar-refractivity contribution is 8.01. The lowest BCUT2D eigenvalue weighted by Crippen LogP contribution is -2.06. The molecule has 0 fully saturated rings. The Hall–Kier alpha value is -4.28. The smallest absolute Gasteiger partial charge is 0.307 e. The van der Waals surface area contributed by atoms with Gasteiger partial charge in [0.25, 0.3) is 0 Å². The number of hydrogen-bond donors (Lipinski definition) is 3. The lowest BCUT2D eigenvalue weighted by atomic mass is 10.1. The Balaban J connectivity index is 1.60. The number of carbonyl (C=O) groups is 1. The number of aliphatic carboxylic acids is 1. The number of nitrogens with zero attached hydrogens (tertiary/aromatic N) is 2. The first-order valence-electron chi connectivity index (χ1n) is 11.2. The molecule has 5 rings (SSSR count). The summed E-state index contributed by atoms with van der Waals surface area (Å²) >= 11 is 0.998. The Morgan fingerprint density at radius 2 is 1.70 bits per heavy atom. The van der Waals surface area contributed by atoms with Crippen LogP contribution in [0.1, 0.15) is 21.6 Å². The number of benzene rings is 3. The number of sulfone groups is 1. The molecule has 1 aliphatic rings. The number of para-hydroxylation sites is 1. The molecule has 0 aliphatic carbocycles. The number of aromatic hydroxyl groups is 1. The molecule has 3 N–H and O–H groups in total. The first kappa shape index (κ1) is 24.4. The second kappa shape index (κ2) is 9.64. The Morgan fingerprint density at radius 1 is 1.00 bits per heavy atom. The summed E-state index contributed by atoms with van der Waals surface area (Å²) in [7, 11) is -4.08. The van der Waals surface area contributed by atoms with E-state index in [0.717, 1.165) is 16.9 Å². The van der Waals surface area contributed by atoms with Gasteiger partial charge in [0.15, 0.2) is 5.13 Å². The molecule has 0 bridgehead atoms. The van der Waals surface area contributed by atoms with Crippen molar-refractivity contribution in [2.75, 3.05) is 5.32 Å². The monoisotopic (exact) mass is 531 g/mol. The van der Waals surface area contributed by atoms with Crippen LogP contribution in [0.15, 0.2) is 82.7 Å². The predicted molar refractivity (Wildman–Crippen MR) is 145 cm³/mol. The van der Waals surface area contributed by atoms with Crippen molar-refractivity contribution in [1.29, 1.82) is 0 Å². The van der Waals surface area contributed by atoms with Gasteiger partial charge in [0.1, 0.15) is 9.78 Å². The fourth-order valence-electron chi connectivity index (χ4n) is 3.94. The summed E-state index contributed by atoms with van der Waals surface area (Å²) in [6.45, 7) is 1.87.